The van der Waals surface area contributed by atoms with Crippen LogP contribution in [-0.2, 0) is 9.53 Å². The number of anilines is 1. The summed E-state index contributed by atoms with van der Waals surface area (Å²) in [4.78, 5) is 22.4. The van der Waals surface area contributed by atoms with E-state index in [0.29, 0.717) is 39.1 Å². The summed E-state index contributed by atoms with van der Waals surface area (Å²) < 4.78 is 20.1. The predicted molar refractivity (Wildman–Crippen MR) is 84.0 cm³/mol. The van der Waals surface area contributed by atoms with E-state index in [0.717, 1.165) is 17.9 Å². The van der Waals surface area contributed by atoms with Crippen LogP contribution in [0, 0.1) is 12.8 Å². The summed E-state index contributed by atoms with van der Waals surface area (Å²) in [7, 11) is 0. The third-order valence-electron chi connectivity index (χ3n) is 4.65. The number of hydrogen-bond acceptors (Lipinski definition) is 5. The lowest BCUT2D eigenvalue weighted by Gasteiger charge is -2.37. The van der Waals surface area contributed by atoms with Crippen molar-refractivity contribution in [2.45, 2.75) is 31.9 Å². The van der Waals surface area contributed by atoms with Gasteiger partial charge in [-0.3, -0.25) is 4.79 Å². The number of hydrogen-bond donors (Lipinski definition) is 1. The van der Waals surface area contributed by atoms with Gasteiger partial charge in [-0.1, -0.05) is 0 Å². The van der Waals surface area contributed by atoms with E-state index in [1.165, 1.54) is 6.33 Å². The van der Waals surface area contributed by atoms with Crippen molar-refractivity contribution >= 4 is 11.7 Å². The van der Waals surface area contributed by atoms with Gasteiger partial charge in [0, 0.05) is 44.3 Å². The van der Waals surface area contributed by atoms with Crippen LogP contribution < -0.4 is 10.2 Å². The minimum Gasteiger partial charge on any atom is -0.381 e. The quantitative estimate of drug-likeness (QED) is 0.903. The molecule has 0 spiro atoms. The fourth-order valence-electron chi connectivity index (χ4n) is 3.06. The Morgan fingerprint density at radius 1 is 1.48 bits per heavy atom. The van der Waals surface area contributed by atoms with E-state index in [2.05, 4.69) is 20.2 Å². The van der Waals surface area contributed by atoms with Crippen LogP contribution in [-0.4, -0.2) is 54.4 Å². The highest BCUT2D eigenvalue weighted by Crippen LogP contribution is 2.28. The molecule has 0 aliphatic carbocycles. The highest BCUT2D eigenvalue weighted by atomic mass is 19.1. The summed E-state index contributed by atoms with van der Waals surface area (Å²) in [6.45, 7) is 4.25. The summed E-state index contributed by atoms with van der Waals surface area (Å²) in [5, 5.41) is 2.76. The van der Waals surface area contributed by atoms with E-state index < -0.39 is 5.67 Å². The van der Waals surface area contributed by atoms with E-state index in [1.54, 1.807) is 0 Å². The van der Waals surface area contributed by atoms with E-state index in [9.17, 15) is 9.18 Å². The largest absolute Gasteiger partial charge is 0.381 e. The van der Waals surface area contributed by atoms with E-state index in [-0.39, 0.29) is 18.4 Å². The average Bonchev–Trinajstić information content (AvgIpc) is 3.08. The first-order chi connectivity index (χ1) is 11.1. The van der Waals surface area contributed by atoms with E-state index in [4.69, 9.17) is 4.74 Å². The van der Waals surface area contributed by atoms with Gasteiger partial charge in [0.2, 0.25) is 5.91 Å². The molecule has 2 fully saturated rings. The molecule has 1 aromatic heterocycles. The Morgan fingerprint density at radius 2 is 2.26 bits per heavy atom. The molecule has 0 bridgehead atoms. The fourth-order valence-corrected chi connectivity index (χ4v) is 3.06. The van der Waals surface area contributed by atoms with Crippen molar-refractivity contribution in [1.82, 2.24) is 15.3 Å². The Balaban J connectivity index is 1.49. The third kappa shape index (κ3) is 3.96. The minimum atomic E-state index is -1.34. The molecule has 2 saturated heterocycles. The van der Waals surface area contributed by atoms with Crippen LogP contribution in [0.15, 0.2) is 12.4 Å². The molecular weight excluding hydrogens is 299 g/mol. The average molecular weight is 322 g/mol. The summed E-state index contributed by atoms with van der Waals surface area (Å²) in [6.07, 6.45) is 3.03. The number of alkyl halides is 1. The van der Waals surface area contributed by atoms with Crippen molar-refractivity contribution in [2.75, 3.05) is 37.7 Å². The molecule has 6 nitrogen and oxygen atoms in total. The van der Waals surface area contributed by atoms with Gasteiger partial charge in [-0.15, -0.1) is 0 Å². The topological polar surface area (TPSA) is 67.4 Å². The molecule has 1 unspecified atom stereocenters. The van der Waals surface area contributed by atoms with Crippen molar-refractivity contribution in [3.05, 3.63) is 18.1 Å². The SMILES string of the molecule is Cc1cc(N2CCC(F)(CNC(=O)C3CCOC3)CC2)ncn1. The number of amides is 1. The van der Waals surface area contributed by atoms with Crippen LogP contribution in [0.5, 0.6) is 0 Å². The van der Waals surface area contributed by atoms with Gasteiger partial charge < -0.3 is 15.0 Å². The van der Waals surface area contributed by atoms with Crippen molar-refractivity contribution in [3.63, 3.8) is 0 Å². The first-order valence-electron chi connectivity index (χ1n) is 8.14. The number of ether oxygens (including phenoxy) is 1. The van der Waals surface area contributed by atoms with Gasteiger partial charge in [-0.2, -0.15) is 0 Å². The number of carbonyl (C=O) groups excluding carboxylic acids is 1. The second-order valence-electron chi connectivity index (χ2n) is 6.43. The third-order valence-corrected chi connectivity index (χ3v) is 4.65. The molecule has 3 heterocycles. The molecule has 126 valence electrons. The Morgan fingerprint density at radius 3 is 2.91 bits per heavy atom. The van der Waals surface area contributed by atoms with Gasteiger partial charge in [0.15, 0.2) is 0 Å². The molecule has 1 atom stereocenters. The zero-order chi connectivity index (χ0) is 16.3. The molecule has 2 aliphatic heterocycles. The zero-order valence-corrected chi connectivity index (χ0v) is 13.4. The zero-order valence-electron chi connectivity index (χ0n) is 13.4. The van der Waals surface area contributed by atoms with Crippen molar-refractivity contribution < 1.29 is 13.9 Å². The van der Waals surface area contributed by atoms with Gasteiger partial charge >= 0.3 is 0 Å². The molecule has 0 saturated carbocycles. The number of rotatable bonds is 4. The highest BCUT2D eigenvalue weighted by molar-refractivity contribution is 5.79. The lowest BCUT2D eigenvalue weighted by atomic mass is 9.93. The molecule has 3 rings (SSSR count). The van der Waals surface area contributed by atoms with Crippen LogP contribution >= 0.6 is 0 Å². The first-order valence-corrected chi connectivity index (χ1v) is 8.14. The van der Waals surface area contributed by atoms with Crippen molar-refractivity contribution in [2.24, 2.45) is 5.92 Å². The number of aromatic nitrogens is 2. The molecule has 23 heavy (non-hydrogen) atoms. The summed E-state index contributed by atoms with van der Waals surface area (Å²) in [6, 6.07) is 1.91. The second kappa shape index (κ2) is 6.78. The Hall–Kier alpha value is -1.76. The molecular formula is C16H23FN4O2. The molecule has 1 N–H and O–H groups in total. The fraction of sp³-hybridized carbons (Fsp3) is 0.688. The first kappa shape index (κ1) is 16.1. The van der Waals surface area contributed by atoms with Gasteiger partial charge in [0.25, 0.3) is 0 Å². The Labute approximate surface area is 135 Å². The second-order valence-corrected chi connectivity index (χ2v) is 6.43. The number of carbonyl (C=O) groups is 1. The number of halogens is 1. The van der Waals surface area contributed by atoms with Crippen molar-refractivity contribution in [1.29, 1.82) is 0 Å². The maximum atomic E-state index is 14.9. The van der Waals surface area contributed by atoms with Crippen LogP contribution in [0.3, 0.4) is 0 Å². The van der Waals surface area contributed by atoms with Gasteiger partial charge in [-0.05, 0) is 13.3 Å². The monoisotopic (exact) mass is 322 g/mol. The summed E-state index contributed by atoms with van der Waals surface area (Å²) >= 11 is 0. The Kier molecular flexibility index (Phi) is 4.75. The molecule has 1 amide bonds. The standard InChI is InChI=1S/C16H23FN4O2/c1-12-8-14(20-11-19-12)21-5-3-16(17,4-6-21)10-18-15(22)13-2-7-23-9-13/h8,11,13H,2-7,9-10H2,1H3,(H,18,22). The maximum Gasteiger partial charge on any atom is 0.225 e. The number of aryl methyl sites for hydroxylation is 1. The Bertz CT molecular complexity index is 555. The van der Waals surface area contributed by atoms with Gasteiger partial charge in [-0.25, -0.2) is 14.4 Å². The number of piperidine rings is 1. The maximum absolute atomic E-state index is 14.9. The van der Waals surface area contributed by atoms with Crippen LogP contribution in [0.25, 0.3) is 0 Å². The van der Waals surface area contributed by atoms with Crippen molar-refractivity contribution in [3.8, 4) is 0 Å². The normalized spacial score (nSPS) is 23.7. The highest BCUT2D eigenvalue weighted by Gasteiger charge is 2.36. The van der Waals surface area contributed by atoms with Gasteiger partial charge in [0.1, 0.15) is 17.8 Å². The van der Waals surface area contributed by atoms with E-state index in [1.807, 2.05) is 13.0 Å². The molecule has 0 aromatic carbocycles. The summed E-state index contributed by atoms with van der Waals surface area (Å²) in [5.41, 5.74) is -0.439. The molecule has 0 radical (unpaired) electrons. The smallest absolute Gasteiger partial charge is 0.225 e. The molecule has 1 aromatic rings. The molecule has 7 heteroatoms. The molecule has 2 aliphatic rings. The number of nitrogens with zero attached hydrogens (tertiary/aromatic N) is 3. The number of nitrogens with one attached hydrogen (secondary N) is 1. The van der Waals surface area contributed by atoms with Gasteiger partial charge in [0.05, 0.1) is 19.1 Å². The minimum absolute atomic E-state index is 0.0823. The van der Waals surface area contributed by atoms with Crippen LogP contribution in [0.2, 0.25) is 0 Å². The van der Waals surface area contributed by atoms with E-state index >= 15 is 0 Å². The lowest BCUT2D eigenvalue weighted by Crippen LogP contribution is -2.49. The van der Waals surface area contributed by atoms with Crippen LogP contribution in [0.1, 0.15) is 25.0 Å². The predicted octanol–water partition coefficient (Wildman–Crippen LogP) is 1.25. The lowest BCUT2D eigenvalue weighted by molar-refractivity contribution is -0.125. The summed E-state index contributed by atoms with van der Waals surface area (Å²) in [5.74, 6) is 0.628. The van der Waals surface area contributed by atoms with Crippen LogP contribution in [0.4, 0.5) is 10.2 Å².